The van der Waals surface area contributed by atoms with E-state index < -0.39 is 12.1 Å². The third-order valence-electron chi connectivity index (χ3n) is 3.57. The van der Waals surface area contributed by atoms with Gasteiger partial charge in [0.2, 0.25) is 0 Å². The molecule has 6 heteroatoms. The molecular formula is C19H20ClNO4. The first-order valence-electron chi connectivity index (χ1n) is 7.86. The van der Waals surface area contributed by atoms with Crippen LogP contribution in [0.5, 0.6) is 5.75 Å². The van der Waals surface area contributed by atoms with E-state index in [1.807, 2.05) is 30.3 Å². The molecule has 0 heterocycles. The first kappa shape index (κ1) is 18.8. The summed E-state index contributed by atoms with van der Waals surface area (Å²) >= 11 is 5.49. The van der Waals surface area contributed by atoms with Crippen molar-refractivity contribution in [3.05, 3.63) is 60.2 Å². The summed E-state index contributed by atoms with van der Waals surface area (Å²) < 4.78 is 10.3. The monoisotopic (exact) mass is 361 g/mol. The van der Waals surface area contributed by atoms with Crippen LogP contribution in [0.1, 0.15) is 12.0 Å². The number of methoxy groups -OCH3 is 1. The molecule has 0 aromatic heterocycles. The van der Waals surface area contributed by atoms with Gasteiger partial charge in [-0.25, -0.2) is 0 Å². The molecule has 25 heavy (non-hydrogen) atoms. The highest BCUT2D eigenvalue weighted by Crippen LogP contribution is 2.16. The molecule has 1 N–H and O–H groups in total. The molecule has 1 amide bonds. The van der Waals surface area contributed by atoms with Gasteiger partial charge in [-0.3, -0.25) is 9.59 Å². The van der Waals surface area contributed by atoms with Crippen molar-refractivity contribution in [2.45, 2.75) is 18.9 Å². The van der Waals surface area contributed by atoms with E-state index in [0.29, 0.717) is 24.3 Å². The van der Waals surface area contributed by atoms with Gasteiger partial charge in [0, 0.05) is 5.69 Å². The van der Waals surface area contributed by atoms with Crippen molar-refractivity contribution in [2.75, 3.05) is 18.3 Å². The molecule has 5 nitrogen and oxygen atoms in total. The van der Waals surface area contributed by atoms with Gasteiger partial charge in [-0.15, -0.1) is 11.6 Å². The minimum Gasteiger partial charge on any atom is -0.497 e. The second-order valence-corrected chi connectivity index (χ2v) is 5.62. The summed E-state index contributed by atoms with van der Waals surface area (Å²) in [6.45, 7) is 0. The molecule has 132 valence electrons. The first-order chi connectivity index (χ1) is 12.1. The highest BCUT2D eigenvalue weighted by Gasteiger charge is 2.22. The van der Waals surface area contributed by atoms with E-state index in [4.69, 9.17) is 21.1 Å². The maximum Gasteiger partial charge on any atom is 0.321 e. The van der Waals surface area contributed by atoms with Gasteiger partial charge in [0.25, 0.3) is 5.91 Å². The normalized spacial score (nSPS) is 11.4. The number of esters is 1. The molecule has 0 saturated heterocycles. The third kappa shape index (κ3) is 6.12. The highest BCUT2D eigenvalue weighted by molar-refractivity contribution is 6.26. The second-order valence-electron chi connectivity index (χ2n) is 5.35. The van der Waals surface area contributed by atoms with Crippen LogP contribution in [-0.4, -0.2) is 31.0 Å². The number of benzene rings is 2. The van der Waals surface area contributed by atoms with Crippen molar-refractivity contribution in [2.24, 2.45) is 0 Å². The zero-order valence-corrected chi connectivity index (χ0v) is 14.7. The molecule has 1 atom stereocenters. The maximum atomic E-state index is 12.5. The Hall–Kier alpha value is -2.53. The quantitative estimate of drug-likeness (QED) is 0.578. The Bertz CT molecular complexity index is 688. The van der Waals surface area contributed by atoms with Gasteiger partial charge >= 0.3 is 5.97 Å². The van der Waals surface area contributed by atoms with Crippen molar-refractivity contribution in [3.8, 4) is 5.75 Å². The molecule has 2 aromatic rings. The number of hydrogen-bond donors (Lipinski definition) is 1. The molecular weight excluding hydrogens is 342 g/mol. The summed E-state index contributed by atoms with van der Waals surface area (Å²) in [6.07, 6.45) is 0.0692. The number of anilines is 1. The summed E-state index contributed by atoms with van der Waals surface area (Å²) in [6, 6.07) is 16.6. The predicted octanol–water partition coefficient (Wildman–Crippen LogP) is 3.42. The lowest BCUT2D eigenvalue weighted by Gasteiger charge is -2.17. The predicted molar refractivity (Wildman–Crippen MR) is 97.0 cm³/mol. The van der Waals surface area contributed by atoms with E-state index in [2.05, 4.69) is 5.32 Å². The van der Waals surface area contributed by atoms with Crippen LogP contribution in [0.2, 0.25) is 0 Å². The maximum absolute atomic E-state index is 12.5. The lowest BCUT2D eigenvalue weighted by Crippen LogP contribution is -2.33. The van der Waals surface area contributed by atoms with Crippen LogP contribution in [0.25, 0.3) is 0 Å². The number of carbonyl (C=O) groups excluding carboxylic acids is 2. The fraction of sp³-hybridized carbons (Fsp3) is 0.263. The molecule has 0 fully saturated rings. The average Bonchev–Trinajstić information content (AvgIpc) is 2.66. The molecule has 2 rings (SSSR count). The van der Waals surface area contributed by atoms with Gasteiger partial charge in [-0.05, 0) is 42.7 Å². The fourth-order valence-corrected chi connectivity index (χ4v) is 2.34. The molecule has 0 aliphatic carbocycles. The number of hydrogen-bond acceptors (Lipinski definition) is 4. The number of aryl methyl sites for hydroxylation is 1. The van der Waals surface area contributed by atoms with E-state index in [1.54, 1.807) is 31.4 Å². The van der Waals surface area contributed by atoms with Crippen LogP contribution in [0.4, 0.5) is 5.69 Å². The largest absolute Gasteiger partial charge is 0.497 e. The number of nitrogens with one attached hydrogen (secondary N) is 1. The summed E-state index contributed by atoms with van der Waals surface area (Å²) in [5, 5.41) is 2.74. The lowest BCUT2D eigenvalue weighted by atomic mass is 10.1. The lowest BCUT2D eigenvalue weighted by molar-refractivity contribution is -0.152. The molecule has 0 saturated carbocycles. The van der Waals surface area contributed by atoms with Gasteiger partial charge in [-0.2, -0.15) is 0 Å². The van der Waals surface area contributed by atoms with Crippen molar-refractivity contribution in [1.82, 2.24) is 0 Å². The molecule has 0 aliphatic heterocycles. The Kier molecular flexibility index (Phi) is 7.29. The van der Waals surface area contributed by atoms with Gasteiger partial charge < -0.3 is 14.8 Å². The number of amides is 1. The summed E-state index contributed by atoms with van der Waals surface area (Å²) in [5.74, 6) is -0.617. The number of halogens is 1. The summed E-state index contributed by atoms with van der Waals surface area (Å²) in [4.78, 5) is 24.0. The fourth-order valence-electron chi connectivity index (χ4n) is 2.27. The zero-order valence-electron chi connectivity index (χ0n) is 13.9. The highest BCUT2D eigenvalue weighted by atomic mass is 35.5. The van der Waals surface area contributed by atoms with Crippen molar-refractivity contribution in [3.63, 3.8) is 0 Å². The van der Waals surface area contributed by atoms with Gasteiger partial charge in [0.05, 0.1) is 7.11 Å². The summed E-state index contributed by atoms with van der Waals surface area (Å²) in [5.41, 5.74) is 1.66. The van der Waals surface area contributed by atoms with E-state index >= 15 is 0 Å². The van der Waals surface area contributed by atoms with Crippen LogP contribution in [0, 0.1) is 0 Å². The Morgan fingerprint density at radius 3 is 2.36 bits per heavy atom. The second kappa shape index (κ2) is 9.69. The van der Waals surface area contributed by atoms with Crippen molar-refractivity contribution < 1.29 is 19.1 Å². The topological polar surface area (TPSA) is 64.6 Å². The van der Waals surface area contributed by atoms with Gasteiger partial charge in [0.1, 0.15) is 11.6 Å². The zero-order chi connectivity index (χ0) is 18.1. The minimum absolute atomic E-state index is 0.294. The van der Waals surface area contributed by atoms with Crippen LogP contribution in [0.15, 0.2) is 54.6 Å². The SMILES string of the molecule is COc1ccc(NC(=O)[C@H](CCc2ccccc2)OC(=O)CCl)cc1. The number of alkyl halides is 1. The van der Waals surface area contributed by atoms with E-state index in [-0.39, 0.29) is 11.8 Å². The molecule has 0 aliphatic rings. The average molecular weight is 362 g/mol. The molecule has 0 radical (unpaired) electrons. The molecule has 0 unspecified atom stereocenters. The van der Waals surface area contributed by atoms with Crippen molar-refractivity contribution in [1.29, 1.82) is 0 Å². The minimum atomic E-state index is -0.909. The van der Waals surface area contributed by atoms with Crippen LogP contribution < -0.4 is 10.1 Å². The van der Waals surface area contributed by atoms with Gasteiger partial charge in [-0.1, -0.05) is 30.3 Å². The Balaban J connectivity index is 2.01. The first-order valence-corrected chi connectivity index (χ1v) is 8.40. The molecule has 2 aromatic carbocycles. The third-order valence-corrected chi connectivity index (χ3v) is 3.79. The molecule has 0 bridgehead atoms. The Morgan fingerprint density at radius 1 is 1.08 bits per heavy atom. The standard InChI is InChI=1S/C19H20ClNO4/c1-24-16-10-8-15(9-11-16)21-19(23)17(25-18(22)13-20)12-7-14-5-3-2-4-6-14/h2-6,8-11,17H,7,12-13H2,1H3,(H,21,23)/t17-/m0/s1. The van der Waals surface area contributed by atoms with Crippen LogP contribution >= 0.6 is 11.6 Å². The Labute approximate surface area is 151 Å². The number of rotatable bonds is 8. The Morgan fingerprint density at radius 2 is 1.76 bits per heavy atom. The van der Waals surface area contributed by atoms with Crippen LogP contribution in [0.3, 0.4) is 0 Å². The van der Waals surface area contributed by atoms with E-state index in [9.17, 15) is 9.59 Å². The van der Waals surface area contributed by atoms with Crippen LogP contribution in [-0.2, 0) is 20.7 Å². The van der Waals surface area contributed by atoms with E-state index in [0.717, 1.165) is 5.56 Å². The summed E-state index contributed by atoms with van der Waals surface area (Å²) in [7, 11) is 1.57. The molecule has 0 spiro atoms. The van der Waals surface area contributed by atoms with Gasteiger partial charge in [0.15, 0.2) is 6.10 Å². The number of carbonyl (C=O) groups is 2. The number of ether oxygens (including phenoxy) is 2. The smallest absolute Gasteiger partial charge is 0.321 e. The van der Waals surface area contributed by atoms with E-state index in [1.165, 1.54) is 0 Å². The van der Waals surface area contributed by atoms with Crippen molar-refractivity contribution >= 4 is 29.2 Å².